The molecule has 0 unspecified atom stereocenters. The maximum atomic E-state index is 12.5. The summed E-state index contributed by atoms with van der Waals surface area (Å²) in [5.74, 6) is 0. The Bertz CT molecular complexity index is 262. The van der Waals surface area contributed by atoms with Gasteiger partial charge >= 0.3 is 12.4 Å². The molecule has 1 aromatic heterocycles. The van der Waals surface area contributed by atoms with Gasteiger partial charge in [0.05, 0.1) is 7.05 Å². The predicted octanol–water partition coefficient (Wildman–Crippen LogP) is 0.928. The average Bonchev–Trinajstić information content (AvgIpc) is 2.11. The molecule has 0 aliphatic carbocycles. The molecule has 0 saturated heterocycles. The Kier molecular flexibility index (Phi) is 1.62. The van der Waals surface area contributed by atoms with Crippen LogP contribution in [-0.4, -0.2) is 4.57 Å². The Balaban J connectivity index is 3.15. The Morgan fingerprint density at radius 3 is 2.18 bits per heavy atom. The third-order valence-corrected chi connectivity index (χ3v) is 1.20. The van der Waals surface area contributed by atoms with Gasteiger partial charge in [-0.15, -0.1) is 22.1 Å². The molecule has 0 radical (unpaired) electrons. The summed E-state index contributed by atoms with van der Waals surface area (Å²) in [5.41, 5.74) is 0. The van der Waals surface area contributed by atoms with Crippen molar-refractivity contribution < 1.29 is 22.1 Å². The maximum Gasteiger partial charge on any atom is 0.569 e. The zero-order valence-corrected chi connectivity index (χ0v) is 5.56. The fraction of sp³-hybridized carbons (Fsp3) is 0.400. The summed E-state index contributed by atoms with van der Waals surface area (Å²) in [5, 5.41) is 0. The molecule has 1 heterocycles. The summed E-state index contributed by atoms with van der Waals surface area (Å²) in [4.78, 5) is 0. The Morgan fingerprint density at radius 1 is 1.45 bits per heavy atom. The van der Waals surface area contributed by atoms with Crippen LogP contribution in [0.3, 0.4) is 0 Å². The van der Waals surface area contributed by atoms with E-state index in [2.05, 4.69) is 0 Å². The van der Waals surface area contributed by atoms with Crippen molar-refractivity contribution in [2.75, 3.05) is 0 Å². The van der Waals surface area contributed by atoms with Gasteiger partial charge in [-0.25, -0.2) is 4.57 Å². The van der Waals surface area contributed by atoms with E-state index in [0.29, 0.717) is 6.20 Å². The van der Waals surface area contributed by atoms with Gasteiger partial charge in [-0.3, -0.25) is 0 Å². The van der Waals surface area contributed by atoms with E-state index in [-0.39, 0.29) is 0 Å². The fourth-order valence-corrected chi connectivity index (χ4v) is 0.649. The van der Waals surface area contributed by atoms with Crippen molar-refractivity contribution in [2.45, 2.75) is 6.30 Å². The quantitative estimate of drug-likeness (QED) is 0.403. The highest BCUT2D eigenvalue weighted by Crippen LogP contribution is 2.21. The number of nitrogens with zero attached hydrogens (tertiary/aromatic N) is 2. The normalized spacial score (nSPS) is 12.1. The highest BCUT2D eigenvalue weighted by Gasteiger charge is 2.41. The first kappa shape index (κ1) is 8.03. The van der Waals surface area contributed by atoms with E-state index in [1.807, 2.05) is 0 Å². The molecule has 0 saturated carbocycles. The molecular weight excluding hydrogens is 164 g/mol. The summed E-state index contributed by atoms with van der Waals surface area (Å²) in [7, 11) is 1.19. The Hall–Kier alpha value is -1.07. The van der Waals surface area contributed by atoms with Gasteiger partial charge in [0, 0.05) is 0 Å². The zero-order valence-electron chi connectivity index (χ0n) is 5.56. The lowest BCUT2D eigenvalue weighted by molar-refractivity contribution is -0.701. The van der Waals surface area contributed by atoms with Crippen LogP contribution in [0.25, 0.3) is 0 Å². The van der Waals surface area contributed by atoms with Crippen molar-refractivity contribution in [3.63, 3.8) is 0 Å². The van der Waals surface area contributed by atoms with E-state index in [4.69, 9.17) is 0 Å². The molecular formula is C5H5F4N2+. The van der Waals surface area contributed by atoms with Gasteiger partial charge in [-0.2, -0.15) is 0 Å². The molecule has 6 heteroatoms. The van der Waals surface area contributed by atoms with Crippen molar-refractivity contribution >= 4 is 0 Å². The lowest BCUT2D eigenvalue weighted by Crippen LogP contribution is -2.33. The Labute approximate surface area is 59.7 Å². The molecule has 0 N–H and O–H groups in total. The van der Waals surface area contributed by atoms with Crippen LogP contribution in [-0.2, 0) is 13.3 Å². The summed E-state index contributed by atoms with van der Waals surface area (Å²) >= 11 is 0. The van der Waals surface area contributed by atoms with Gasteiger partial charge in [0.2, 0.25) is 0 Å². The van der Waals surface area contributed by atoms with Crippen molar-refractivity contribution in [1.29, 1.82) is 0 Å². The first-order chi connectivity index (χ1) is 4.93. The summed E-state index contributed by atoms with van der Waals surface area (Å²) in [6.07, 6.45) is -4.40. The van der Waals surface area contributed by atoms with Gasteiger partial charge in [0.15, 0.2) is 0 Å². The molecule has 1 rings (SSSR count). The second kappa shape index (κ2) is 2.21. The number of rotatable bonds is 0. The minimum absolute atomic E-state index is 0.396. The van der Waals surface area contributed by atoms with E-state index in [0.717, 1.165) is 10.8 Å². The Morgan fingerprint density at radius 2 is 2.00 bits per heavy atom. The highest BCUT2D eigenvalue weighted by molar-refractivity contribution is 4.71. The molecule has 0 spiro atoms. The SMILES string of the molecule is C[n+]1ccn(C(F)(F)F)c1F. The van der Waals surface area contributed by atoms with Gasteiger partial charge < -0.3 is 0 Å². The summed E-state index contributed by atoms with van der Waals surface area (Å²) < 4.78 is 48.1. The molecule has 0 fully saturated rings. The molecule has 0 atom stereocenters. The summed E-state index contributed by atoms with van der Waals surface area (Å²) in [6, 6.07) is 0. The van der Waals surface area contributed by atoms with Crippen LogP contribution in [0.15, 0.2) is 12.4 Å². The number of aryl methyl sites for hydroxylation is 1. The third-order valence-electron chi connectivity index (χ3n) is 1.20. The van der Waals surface area contributed by atoms with Crippen LogP contribution in [0.5, 0.6) is 0 Å². The number of hydrogen-bond acceptors (Lipinski definition) is 0. The maximum absolute atomic E-state index is 12.5. The lowest BCUT2D eigenvalue weighted by atomic mass is 10.9. The molecule has 0 aromatic carbocycles. The smallest absolute Gasteiger partial charge is 0.207 e. The van der Waals surface area contributed by atoms with Crippen molar-refractivity contribution in [2.24, 2.45) is 7.05 Å². The van der Waals surface area contributed by atoms with Gasteiger partial charge in [-0.1, -0.05) is 0 Å². The second-order valence-electron chi connectivity index (χ2n) is 2.02. The molecule has 0 amide bonds. The van der Waals surface area contributed by atoms with E-state index in [1.54, 1.807) is 0 Å². The van der Waals surface area contributed by atoms with Gasteiger partial charge in [0.1, 0.15) is 12.4 Å². The van der Waals surface area contributed by atoms with Gasteiger partial charge in [-0.05, 0) is 0 Å². The second-order valence-corrected chi connectivity index (χ2v) is 2.02. The number of alkyl halides is 3. The van der Waals surface area contributed by atoms with E-state index in [1.165, 1.54) is 7.05 Å². The topological polar surface area (TPSA) is 8.81 Å². The monoisotopic (exact) mass is 169 g/mol. The van der Waals surface area contributed by atoms with E-state index >= 15 is 0 Å². The molecule has 0 aliphatic rings. The van der Waals surface area contributed by atoms with Crippen LogP contribution in [0.2, 0.25) is 0 Å². The van der Waals surface area contributed by atoms with Crippen molar-refractivity contribution in [3.05, 3.63) is 18.5 Å². The lowest BCUT2D eigenvalue weighted by Gasteiger charge is -1.98. The molecule has 2 nitrogen and oxygen atoms in total. The molecule has 1 aromatic rings. The zero-order chi connectivity index (χ0) is 8.65. The fourth-order valence-electron chi connectivity index (χ4n) is 0.649. The molecule has 0 aliphatic heterocycles. The van der Waals surface area contributed by atoms with Crippen molar-refractivity contribution in [1.82, 2.24) is 4.57 Å². The first-order valence-corrected chi connectivity index (χ1v) is 2.72. The van der Waals surface area contributed by atoms with E-state index < -0.39 is 16.9 Å². The number of aromatic nitrogens is 2. The molecule has 62 valence electrons. The van der Waals surface area contributed by atoms with Gasteiger partial charge in [0.25, 0.3) is 0 Å². The number of hydrogen-bond donors (Lipinski definition) is 0. The standard InChI is InChI=1S/C5H5F4N2/c1-10-2-3-11(4(10)6)5(7,8)9/h2-3H,1H3/q+1. The average molecular weight is 169 g/mol. The minimum atomic E-state index is -4.68. The van der Waals surface area contributed by atoms with Crippen molar-refractivity contribution in [3.8, 4) is 0 Å². The van der Waals surface area contributed by atoms with E-state index in [9.17, 15) is 17.6 Å². The predicted molar refractivity (Wildman–Crippen MR) is 26.9 cm³/mol. The van der Waals surface area contributed by atoms with Crippen LogP contribution in [0, 0.1) is 6.08 Å². The van der Waals surface area contributed by atoms with Crippen LogP contribution in [0.4, 0.5) is 17.6 Å². The molecule has 0 bridgehead atoms. The first-order valence-electron chi connectivity index (χ1n) is 2.72. The van der Waals surface area contributed by atoms with Crippen LogP contribution in [0.1, 0.15) is 0 Å². The third kappa shape index (κ3) is 1.33. The highest BCUT2D eigenvalue weighted by atomic mass is 19.4. The molecule has 11 heavy (non-hydrogen) atoms. The number of halogens is 4. The van der Waals surface area contributed by atoms with Crippen LogP contribution >= 0.6 is 0 Å². The summed E-state index contributed by atoms with van der Waals surface area (Å²) in [6.45, 7) is 0. The van der Waals surface area contributed by atoms with Crippen LogP contribution < -0.4 is 4.57 Å². The minimum Gasteiger partial charge on any atom is -0.207 e. The number of imidazole rings is 1. The largest absolute Gasteiger partial charge is 0.569 e.